The number of carboxylic acids is 1. The molecule has 104 valence electrons. The molecule has 0 aliphatic rings. The summed E-state index contributed by atoms with van der Waals surface area (Å²) in [5.74, 6) is -2.30. The molecular weight excluding hydrogens is 276 g/mol. The van der Waals surface area contributed by atoms with Crippen LogP contribution in [0.5, 0.6) is 0 Å². The monoisotopic (exact) mass is 296 g/mol. The Morgan fingerprint density at radius 3 is 2.50 bits per heavy atom. The van der Waals surface area contributed by atoms with Gasteiger partial charge in [0.25, 0.3) is 0 Å². The van der Waals surface area contributed by atoms with Crippen LogP contribution in [-0.2, 0) is 14.1 Å². The van der Waals surface area contributed by atoms with Crippen molar-refractivity contribution in [2.45, 2.75) is 32.3 Å². The van der Waals surface area contributed by atoms with Crippen LogP contribution in [0.25, 0.3) is 0 Å². The van der Waals surface area contributed by atoms with Crippen molar-refractivity contribution in [1.82, 2.24) is 5.09 Å². The summed E-state index contributed by atoms with van der Waals surface area (Å²) in [6.07, 6.45) is 0.571. The highest BCUT2D eigenvalue weighted by molar-refractivity contribution is 8.48. The Bertz CT molecular complexity index is 269. The van der Waals surface area contributed by atoms with Crippen LogP contribution < -0.4 is 5.09 Å². The van der Waals surface area contributed by atoms with Crippen LogP contribution in [0.2, 0.25) is 0 Å². The summed E-state index contributed by atoms with van der Waals surface area (Å²) >= 11 is 3.86. The second kappa shape index (κ2) is 8.35. The number of methoxy groups -OCH3 is 1. The predicted octanol–water partition coefficient (Wildman–Crippen LogP) is 0.833. The molecule has 9 heteroatoms. The molecule has 0 heterocycles. The van der Waals surface area contributed by atoms with E-state index in [1.54, 1.807) is 7.11 Å². The van der Waals surface area contributed by atoms with Gasteiger partial charge in [0, 0.05) is 7.11 Å². The summed E-state index contributed by atoms with van der Waals surface area (Å²) in [6.45, 7) is 4.18. The summed E-state index contributed by atoms with van der Waals surface area (Å²) in [7, 11) is 3.46. The van der Waals surface area contributed by atoms with Gasteiger partial charge in [-0.1, -0.05) is 13.8 Å². The van der Waals surface area contributed by atoms with Crippen molar-refractivity contribution in [1.29, 1.82) is 0 Å². The summed E-state index contributed by atoms with van der Waals surface area (Å²) in [6, 6.07) is 0. The van der Waals surface area contributed by atoms with E-state index in [1.807, 2.05) is 13.8 Å². The van der Waals surface area contributed by atoms with Crippen molar-refractivity contribution in [3.8, 4) is 0 Å². The lowest BCUT2D eigenvalue weighted by Crippen LogP contribution is -2.36. The molecule has 2 radical (unpaired) electrons. The Morgan fingerprint density at radius 2 is 2.11 bits per heavy atom. The van der Waals surface area contributed by atoms with Gasteiger partial charge in [-0.25, -0.2) is 0 Å². The van der Waals surface area contributed by atoms with Gasteiger partial charge in [-0.3, -0.25) is 4.79 Å². The van der Waals surface area contributed by atoms with Crippen LogP contribution in [0, 0.1) is 5.92 Å². The molecule has 0 fully saturated rings. The molecule has 3 unspecified atom stereocenters. The third-order valence-electron chi connectivity index (χ3n) is 2.08. The molecule has 6 nitrogen and oxygen atoms in total. The maximum absolute atomic E-state index is 10.5. The Morgan fingerprint density at radius 1 is 1.56 bits per heavy atom. The quantitative estimate of drug-likeness (QED) is 0.286. The van der Waals surface area contributed by atoms with Crippen LogP contribution in [-0.4, -0.2) is 49.6 Å². The van der Waals surface area contributed by atoms with Crippen LogP contribution >= 0.6 is 19.3 Å². The van der Waals surface area contributed by atoms with Crippen molar-refractivity contribution in [3.63, 3.8) is 0 Å². The highest BCUT2D eigenvalue weighted by Crippen LogP contribution is 2.56. The molecule has 3 atom stereocenters. The molecular formula is C9H20BNO5PS+. The number of ether oxygens (including phenoxy) is 1. The molecule has 0 saturated carbocycles. The molecule has 0 aromatic heterocycles. The van der Waals surface area contributed by atoms with E-state index in [-0.39, 0.29) is 12.7 Å². The van der Waals surface area contributed by atoms with E-state index in [0.29, 0.717) is 5.92 Å². The summed E-state index contributed by atoms with van der Waals surface area (Å²) < 4.78 is 10.3. The van der Waals surface area contributed by atoms with Gasteiger partial charge in [-0.05, 0) is 12.3 Å². The highest BCUT2D eigenvalue weighted by atomic mass is 32.7. The molecule has 0 aliphatic carbocycles. The number of carboxylic acid groups (broad SMARTS) is 1. The predicted molar refractivity (Wildman–Crippen MR) is 74.6 cm³/mol. The average Bonchev–Trinajstić information content (AvgIpc) is 2.22. The number of hydrogen-bond acceptors (Lipinski definition) is 6. The SMILES string of the molecule is [B]C(N[P+](O)(S)OCC(CC(C)C)OC)C(=O)O. The molecule has 0 spiro atoms. The topological polar surface area (TPSA) is 88.0 Å². The number of thiol groups is 1. The first-order valence-corrected chi connectivity index (χ1v) is 8.27. The van der Waals surface area contributed by atoms with Gasteiger partial charge < -0.3 is 9.84 Å². The number of carbonyl (C=O) groups is 1. The zero-order valence-corrected chi connectivity index (χ0v) is 12.5. The normalized spacial score (nSPS) is 18.3. The van der Waals surface area contributed by atoms with Crippen LogP contribution in [0.15, 0.2) is 0 Å². The van der Waals surface area contributed by atoms with Crippen LogP contribution in [0.3, 0.4) is 0 Å². The third-order valence-corrected chi connectivity index (χ3v) is 3.90. The Kier molecular flexibility index (Phi) is 8.42. The summed E-state index contributed by atoms with van der Waals surface area (Å²) in [5, 5.41) is 10.8. The minimum absolute atomic E-state index is 0.113. The van der Waals surface area contributed by atoms with E-state index in [2.05, 4.69) is 17.3 Å². The lowest BCUT2D eigenvalue weighted by atomic mass is 9.99. The van der Waals surface area contributed by atoms with Crippen LogP contribution in [0.1, 0.15) is 20.3 Å². The van der Waals surface area contributed by atoms with Gasteiger partial charge in [0.2, 0.25) is 0 Å². The minimum Gasteiger partial charge on any atom is -0.481 e. The largest absolute Gasteiger partial charge is 0.481 e. The number of nitrogens with one attached hydrogen (secondary N) is 1. The zero-order valence-electron chi connectivity index (χ0n) is 10.7. The van der Waals surface area contributed by atoms with Gasteiger partial charge in [-0.2, -0.15) is 9.42 Å². The van der Waals surface area contributed by atoms with Crippen molar-refractivity contribution < 1.29 is 24.1 Å². The number of hydrogen-bond donors (Lipinski definition) is 4. The summed E-state index contributed by atoms with van der Waals surface area (Å²) in [5.41, 5.74) is 0. The Labute approximate surface area is 115 Å². The van der Waals surface area contributed by atoms with Gasteiger partial charge >= 0.3 is 13.0 Å². The summed E-state index contributed by atoms with van der Waals surface area (Å²) in [4.78, 5) is 20.3. The Hall–Kier alpha value is 0.155. The fourth-order valence-corrected chi connectivity index (χ4v) is 2.71. The minimum atomic E-state index is -3.30. The van der Waals surface area contributed by atoms with Gasteiger partial charge in [-0.15, -0.1) is 5.09 Å². The van der Waals surface area contributed by atoms with Gasteiger partial charge in [0.15, 0.2) is 0 Å². The fourth-order valence-electron chi connectivity index (χ4n) is 1.22. The molecule has 0 aromatic carbocycles. The van der Waals surface area contributed by atoms with Crippen molar-refractivity contribution in [2.75, 3.05) is 13.7 Å². The molecule has 0 bridgehead atoms. The van der Waals surface area contributed by atoms with Gasteiger partial charge in [0.05, 0.1) is 18.4 Å². The smallest absolute Gasteiger partial charge is 0.407 e. The van der Waals surface area contributed by atoms with E-state index in [4.69, 9.17) is 22.2 Å². The van der Waals surface area contributed by atoms with E-state index in [9.17, 15) is 9.69 Å². The standard InChI is InChI=1S/C9H19BNO5PS/c1-6(2)4-7(15-3)5-16-17(14,18)11-8(10)9(12)13/h6-8,11,14,18H,4-5H2,1-3H3/p+1. The maximum atomic E-state index is 10.5. The lowest BCUT2D eigenvalue weighted by Gasteiger charge is -2.20. The molecule has 0 aliphatic heterocycles. The molecule has 0 rings (SSSR count). The first kappa shape index (κ1) is 18.2. The van der Waals surface area contributed by atoms with Gasteiger partial charge in [0.1, 0.15) is 20.4 Å². The van der Waals surface area contributed by atoms with E-state index in [1.165, 1.54) is 0 Å². The number of rotatable bonds is 9. The highest BCUT2D eigenvalue weighted by Gasteiger charge is 2.38. The number of aliphatic carboxylic acids is 1. The zero-order chi connectivity index (χ0) is 14.3. The fraction of sp³-hybridized carbons (Fsp3) is 0.889. The second-order valence-corrected chi connectivity index (χ2v) is 7.50. The van der Waals surface area contributed by atoms with E-state index < -0.39 is 19.0 Å². The molecule has 0 aromatic rings. The molecule has 0 saturated heterocycles. The maximum Gasteiger partial charge on any atom is 0.407 e. The molecule has 3 N–H and O–H groups in total. The first-order chi connectivity index (χ1) is 8.18. The van der Waals surface area contributed by atoms with E-state index >= 15 is 0 Å². The average molecular weight is 296 g/mol. The lowest BCUT2D eigenvalue weighted by molar-refractivity contribution is -0.136. The van der Waals surface area contributed by atoms with E-state index in [0.717, 1.165) is 6.42 Å². The van der Waals surface area contributed by atoms with Crippen molar-refractivity contribution >= 4 is 33.1 Å². The van der Waals surface area contributed by atoms with Crippen molar-refractivity contribution in [2.24, 2.45) is 5.92 Å². The third kappa shape index (κ3) is 8.29. The Balaban J connectivity index is 4.18. The van der Waals surface area contributed by atoms with Crippen LogP contribution in [0.4, 0.5) is 0 Å². The van der Waals surface area contributed by atoms with Crippen molar-refractivity contribution in [3.05, 3.63) is 0 Å². The molecule has 18 heavy (non-hydrogen) atoms. The second-order valence-electron chi connectivity index (χ2n) is 4.27. The molecule has 0 amide bonds. The first-order valence-electron chi connectivity index (χ1n) is 5.46.